The highest BCUT2D eigenvalue weighted by molar-refractivity contribution is 5.98. The SMILES string of the molecule is O=C(Cc1ccc(F)c(F)c1)c1ccc2c(c1)CCN2. The predicted molar refractivity (Wildman–Crippen MR) is 73.0 cm³/mol. The number of carbonyl (C=O) groups excluding carboxylic acids is 1. The van der Waals surface area contributed by atoms with Crippen molar-refractivity contribution in [3.8, 4) is 0 Å². The van der Waals surface area contributed by atoms with E-state index >= 15 is 0 Å². The van der Waals surface area contributed by atoms with Crippen molar-refractivity contribution in [2.75, 3.05) is 11.9 Å². The lowest BCUT2D eigenvalue weighted by molar-refractivity contribution is 0.0993. The minimum Gasteiger partial charge on any atom is -0.384 e. The quantitative estimate of drug-likeness (QED) is 0.869. The number of anilines is 1. The molecule has 3 rings (SSSR count). The molecular formula is C16H13F2NO. The van der Waals surface area contributed by atoms with Crippen LogP contribution in [-0.2, 0) is 12.8 Å². The molecule has 0 saturated carbocycles. The summed E-state index contributed by atoms with van der Waals surface area (Å²) in [5.74, 6) is -1.91. The smallest absolute Gasteiger partial charge is 0.167 e. The topological polar surface area (TPSA) is 29.1 Å². The van der Waals surface area contributed by atoms with Gasteiger partial charge in [0.15, 0.2) is 17.4 Å². The van der Waals surface area contributed by atoms with Gasteiger partial charge in [-0.15, -0.1) is 0 Å². The Morgan fingerprint density at radius 2 is 1.95 bits per heavy atom. The van der Waals surface area contributed by atoms with Gasteiger partial charge in [-0.3, -0.25) is 4.79 Å². The Morgan fingerprint density at radius 3 is 2.75 bits per heavy atom. The van der Waals surface area contributed by atoms with Crippen LogP contribution in [-0.4, -0.2) is 12.3 Å². The van der Waals surface area contributed by atoms with Gasteiger partial charge in [-0.05, 0) is 47.9 Å². The molecule has 2 nitrogen and oxygen atoms in total. The highest BCUT2D eigenvalue weighted by atomic mass is 19.2. The van der Waals surface area contributed by atoms with Crippen LogP contribution in [0.4, 0.5) is 14.5 Å². The molecule has 0 radical (unpaired) electrons. The Labute approximate surface area is 115 Å². The number of rotatable bonds is 3. The summed E-state index contributed by atoms with van der Waals surface area (Å²) < 4.78 is 26.0. The fraction of sp³-hybridized carbons (Fsp3) is 0.188. The molecule has 0 unspecified atom stereocenters. The number of Topliss-reactive ketones (excluding diaryl/α,β-unsaturated/α-hetero) is 1. The summed E-state index contributed by atoms with van der Waals surface area (Å²) in [5, 5.41) is 3.23. The minimum absolute atomic E-state index is 0.0728. The molecule has 0 aliphatic carbocycles. The molecule has 20 heavy (non-hydrogen) atoms. The van der Waals surface area contributed by atoms with E-state index in [4.69, 9.17) is 0 Å². The molecule has 0 bridgehead atoms. The summed E-state index contributed by atoms with van der Waals surface area (Å²) in [7, 11) is 0. The fourth-order valence-corrected chi connectivity index (χ4v) is 2.42. The molecular weight excluding hydrogens is 260 g/mol. The highest BCUT2D eigenvalue weighted by Gasteiger charge is 2.14. The molecule has 0 aromatic heterocycles. The zero-order valence-electron chi connectivity index (χ0n) is 10.7. The van der Waals surface area contributed by atoms with E-state index in [1.165, 1.54) is 6.07 Å². The largest absolute Gasteiger partial charge is 0.384 e. The van der Waals surface area contributed by atoms with Crippen LogP contribution < -0.4 is 5.32 Å². The second kappa shape index (κ2) is 5.04. The fourth-order valence-electron chi connectivity index (χ4n) is 2.42. The maximum absolute atomic E-state index is 13.1. The van der Waals surface area contributed by atoms with E-state index in [0.717, 1.165) is 36.3 Å². The zero-order chi connectivity index (χ0) is 14.1. The molecule has 1 N–H and O–H groups in total. The maximum atomic E-state index is 13.1. The van der Waals surface area contributed by atoms with Crippen molar-refractivity contribution >= 4 is 11.5 Å². The van der Waals surface area contributed by atoms with Gasteiger partial charge >= 0.3 is 0 Å². The average molecular weight is 273 g/mol. The Hall–Kier alpha value is -2.23. The van der Waals surface area contributed by atoms with E-state index in [9.17, 15) is 13.6 Å². The molecule has 0 spiro atoms. The van der Waals surface area contributed by atoms with Crippen molar-refractivity contribution in [1.29, 1.82) is 0 Å². The normalized spacial score (nSPS) is 12.9. The Bertz CT molecular complexity index is 682. The van der Waals surface area contributed by atoms with E-state index in [2.05, 4.69) is 5.32 Å². The van der Waals surface area contributed by atoms with Gasteiger partial charge in [-0.2, -0.15) is 0 Å². The first-order chi connectivity index (χ1) is 9.63. The van der Waals surface area contributed by atoms with Crippen molar-refractivity contribution < 1.29 is 13.6 Å². The van der Waals surface area contributed by atoms with E-state index in [1.54, 1.807) is 6.07 Å². The predicted octanol–water partition coefficient (Wildman–Crippen LogP) is 3.36. The van der Waals surface area contributed by atoms with Crippen molar-refractivity contribution in [1.82, 2.24) is 0 Å². The third-order valence-electron chi connectivity index (χ3n) is 3.49. The number of nitrogens with one attached hydrogen (secondary N) is 1. The van der Waals surface area contributed by atoms with Crippen LogP contribution in [0.3, 0.4) is 0 Å². The minimum atomic E-state index is -0.923. The third kappa shape index (κ3) is 2.41. The second-order valence-electron chi connectivity index (χ2n) is 4.90. The number of halogens is 2. The lowest BCUT2D eigenvalue weighted by atomic mass is 10.00. The van der Waals surface area contributed by atoms with Crippen LogP contribution >= 0.6 is 0 Å². The maximum Gasteiger partial charge on any atom is 0.167 e. The summed E-state index contributed by atoms with van der Waals surface area (Å²) in [6.07, 6.45) is 0.977. The summed E-state index contributed by atoms with van der Waals surface area (Å²) >= 11 is 0. The van der Waals surface area contributed by atoms with E-state index < -0.39 is 11.6 Å². The molecule has 0 saturated heterocycles. The number of fused-ring (bicyclic) bond motifs is 1. The number of ketones is 1. The van der Waals surface area contributed by atoms with Crippen molar-refractivity contribution in [2.45, 2.75) is 12.8 Å². The molecule has 1 aliphatic heterocycles. The van der Waals surface area contributed by atoms with Gasteiger partial charge in [0, 0.05) is 24.2 Å². The third-order valence-corrected chi connectivity index (χ3v) is 3.49. The van der Waals surface area contributed by atoms with Gasteiger partial charge in [-0.1, -0.05) is 6.07 Å². The van der Waals surface area contributed by atoms with Crippen LogP contribution in [0.5, 0.6) is 0 Å². The first-order valence-electron chi connectivity index (χ1n) is 6.47. The van der Waals surface area contributed by atoms with Crippen LogP contribution in [0.2, 0.25) is 0 Å². The van der Waals surface area contributed by atoms with Crippen LogP contribution in [0.25, 0.3) is 0 Å². The molecule has 1 aliphatic rings. The van der Waals surface area contributed by atoms with Gasteiger partial charge in [0.25, 0.3) is 0 Å². The molecule has 102 valence electrons. The van der Waals surface area contributed by atoms with E-state index in [-0.39, 0.29) is 12.2 Å². The van der Waals surface area contributed by atoms with E-state index in [1.807, 2.05) is 12.1 Å². The molecule has 1 heterocycles. The Morgan fingerprint density at radius 1 is 1.10 bits per heavy atom. The molecule has 4 heteroatoms. The first-order valence-corrected chi connectivity index (χ1v) is 6.47. The van der Waals surface area contributed by atoms with Gasteiger partial charge < -0.3 is 5.32 Å². The van der Waals surface area contributed by atoms with Crippen LogP contribution in [0.1, 0.15) is 21.5 Å². The molecule has 0 fully saturated rings. The molecule has 2 aromatic carbocycles. The van der Waals surface area contributed by atoms with Crippen LogP contribution in [0.15, 0.2) is 36.4 Å². The number of benzene rings is 2. The second-order valence-corrected chi connectivity index (χ2v) is 4.90. The summed E-state index contributed by atoms with van der Waals surface area (Å²) in [5.41, 5.74) is 3.28. The number of carbonyl (C=O) groups is 1. The van der Waals surface area contributed by atoms with Gasteiger partial charge in [-0.25, -0.2) is 8.78 Å². The zero-order valence-corrected chi connectivity index (χ0v) is 10.7. The molecule has 2 aromatic rings. The van der Waals surface area contributed by atoms with Crippen molar-refractivity contribution in [3.63, 3.8) is 0 Å². The van der Waals surface area contributed by atoms with E-state index in [0.29, 0.717) is 11.1 Å². The summed E-state index contributed by atoms with van der Waals surface area (Å²) in [6.45, 7) is 0.885. The summed E-state index contributed by atoms with van der Waals surface area (Å²) in [6, 6.07) is 9.08. The van der Waals surface area contributed by atoms with Gasteiger partial charge in [0.2, 0.25) is 0 Å². The monoisotopic (exact) mass is 273 g/mol. The average Bonchev–Trinajstić information content (AvgIpc) is 2.90. The van der Waals surface area contributed by atoms with Crippen molar-refractivity contribution in [3.05, 3.63) is 64.7 Å². The highest BCUT2D eigenvalue weighted by Crippen LogP contribution is 2.23. The van der Waals surface area contributed by atoms with Crippen molar-refractivity contribution in [2.24, 2.45) is 0 Å². The molecule has 0 amide bonds. The Balaban J connectivity index is 1.80. The van der Waals surface area contributed by atoms with Crippen LogP contribution in [0, 0.1) is 11.6 Å². The number of hydrogen-bond acceptors (Lipinski definition) is 2. The lowest BCUT2D eigenvalue weighted by Gasteiger charge is -2.05. The molecule has 0 atom stereocenters. The summed E-state index contributed by atoms with van der Waals surface area (Å²) in [4.78, 5) is 12.2. The lowest BCUT2D eigenvalue weighted by Crippen LogP contribution is -2.04. The first kappa shape index (κ1) is 12.8. The Kier molecular flexibility index (Phi) is 3.22. The number of hydrogen-bond donors (Lipinski definition) is 1. The standard InChI is InChI=1S/C16H13F2NO/c17-13-3-1-10(7-14(13)18)8-16(20)12-2-4-15-11(9-12)5-6-19-15/h1-4,7,9,19H,5-6,8H2. The van der Waals surface area contributed by atoms with Gasteiger partial charge in [0.05, 0.1) is 0 Å². The van der Waals surface area contributed by atoms with Gasteiger partial charge in [0.1, 0.15) is 0 Å².